The van der Waals surface area contributed by atoms with Gasteiger partial charge >= 0.3 is 0 Å². The highest BCUT2D eigenvalue weighted by atomic mass is 16.5. The Labute approximate surface area is 172 Å². The summed E-state index contributed by atoms with van der Waals surface area (Å²) >= 11 is 0. The molecule has 10 nitrogen and oxygen atoms in total. The quantitative estimate of drug-likeness (QED) is 0.493. The van der Waals surface area contributed by atoms with Crippen molar-refractivity contribution in [3.63, 3.8) is 0 Å². The first-order chi connectivity index (χ1) is 14.3. The topological polar surface area (TPSA) is 142 Å². The van der Waals surface area contributed by atoms with Crippen LogP contribution in [0.3, 0.4) is 0 Å². The van der Waals surface area contributed by atoms with E-state index in [1.807, 2.05) is 19.1 Å². The molecule has 0 saturated carbocycles. The van der Waals surface area contributed by atoms with Crippen LogP contribution >= 0.6 is 0 Å². The van der Waals surface area contributed by atoms with Crippen molar-refractivity contribution in [1.82, 2.24) is 34.9 Å². The molecule has 154 valence electrons. The molecule has 4 aromatic heterocycles. The number of hydrogen-bond acceptors (Lipinski definition) is 9. The lowest BCUT2D eigenvalue weighted by atomic mass is 10.0. The fraction of sp³-hybridized carbons (Fsp3) is 0.300. The number of nitrogens with zero attached hydrogens (tertiary/aromatic N) is 7. The van der Waals surface area contributed by atoms with Gasteiger partial charge in [-0.15, -0.1) is 0 Å². The van der Waals surface area contributed by atoms with Crippen molar-refractivity contribution >= 4 is 5.82 Å². The van der Waals surface area contributed by atoms with Crippen molar-refractivity contribution in [3.8, 4) is 22.8 Å². The molecule has 4 rings (SSSR count). The summed E-state index contributed by atoms with van der Waals surface area (Å²) in [6.45, 7) is 5.78. The van der Waals surface area contributed by atoms with Crippen LogP contribution in [-0.2, 0) is 6.54 Å². The molecule has 30 heavy (non-hydrogen) atoms. The molecule has 3 N–H and O–H groups in total. The number of nitrogens with two attached hydrogens (primary N) is 1. The Morgan fingerprint density at radius 3 is 2.57 bits per heavy atom. The van der Waals surface area contributed by atoms with Gasteiger partial charge in [0, 0.05) is 18.3 Å². The predicted molar refractivity (Wildman–Crippen MR) is 109 cm³/mol. The number of hydrogen-bond donors (Lipinski definition) is 2. The highest BCUT2D eigenvalue weighted by Crippen LogP contribution is 2.25. The fourth-order valence-electron chi connectivity index (χ4n) is 2.92. The first-order valence-corrected chi connectivity index (χ1v) is 9.41. The summed E-state index contributed by atoms with van der Waals surface area (Å²) in [5.41, 5.74) is 7.69. The number of nitrogen functional groups attached to an aromatic ring is 1. The normalized spacial score (nSPS) is 12.8. The zero-order chi connectivity index (χ0) is 21.3. The average molecular weight is 406 g/mol. The highest BCUT2D eigenvalue weighted by Gasteiger charge is 2.19. The lowest BCUT2D eigenvalue weighted by Gasteiger charge is -2.16. The molecule has 0 bridgehead atoms. The number of aromatic nitrogens is 7. The van der Waals surface area contributed by atoms with E-state index in [1.165, 1.54) is 6.20 Å². The van der Waals surface area contributed by atoms with Crippen molar-refractivity contribution in [2.75, 3.05) is 5.73 Å². The van der Waals surface area contributed by atoms with Gasteiger partial charge in [0.1, 0.15) is 11.5 Å². The summed E-state index contributed by atoms with van der Waals surface area (Å²) in [4.78, 5) is 17.2. The van der Waals surface area contributed by atoms with Gasteiger partial charge in [0.15, 0.2) is 5.82 Å². The largest absolute Gasteiger partial charge is 0.389 e. The van der Waals surface area contributed by atoms with Crippen LogP contribution in [0.5, 0.6) is 0 Å². The smallest absolute Gasteiger partial charge is 0.261 e. The maximum absolute atomic E-state index is 9.93. The minimum Gasteiger partial charge on any atom is -0.389 e. The Kier molecular flexibility index (Phi) is 5.00. The van der Waals surface area contributed by atoms with Crippen molar-refractivity contribution in [2.24, 2.45) is 0 Å². The van der Waals surface area contributed by atoms with Crippen LogP contribution in [-0.4, -0.2) is 45.6 Å². The second kappa shape index (κ2) is 7.64. The third kappa shape index (κ3) is 4.33. The monoisotopic (exact) mass is 406 g/mol. The van der Waals surface area contributed by atoms with Crippen LogP contribution in [0.1, 0.15) is 38.1 Å². The molecule has 0 amide bonds. The molecular weight excluding hydrogens is 384 g/mol. The van der Waals surface area contributed by atoms with Crippen LogP contribution in [0.15, 0.2) is 47.6 Å². The zero-order valence-corrected chi connectivity index (χ0v) is 16.9. The summed E-state index contributed by atoms with van der Waals surface area (Å²) in [6, 6.07) is 3.82. The molecule has 0 spiro atoms. The third-order valence-electron chi connectivity index (χ3n) is 4.48. The van der Waals surface area contributed by atoms with Crippen molar-refractivity contribution < 1.29 is 9.63 Å². The predicted octanol–water partition coefficient (Wildman–Crippen LogP) is 2.29. The van der Waals surface area contributed by atoms with Gasteiger partial charge in [-0.3, -0.25) is 9.67 Å². The number of anilines is 1. The molecule has 1 unspecified atom stereocenters. The second-order valence-electron chi connectivity index (χ2n) is 7.72. The molecule has 4 heterocycles. The SMILES string of the molecule is CC(c1ccc(-c2cnc(N)cn2)nc1)c1noc(-c2cnn(CC(C)(C)O)c2)n1. The number of rotatable bonds is 6. The van der Waals surface area contributed by atoms with Crippen molar-refractivity contribution in [2.45, 2.75) is 38.8 Å². The molecule has 0 saturated heterocycles. The molecule has 10 heteroatoms. The molecule has 0 aliphatic rings. The Morgan fingerprint density at radius 2 is 1.90 bits per heavy atom. The van der Waals surface area contributed by atoms with Crippen LogP contribution in [0.25, 0.3) is 22.8 Å². The summed E-state index contributed by atoms with van der Waals surface area (Å²) < 4.78 is 7.06. The maximum Gasteiger partial charge on any atom is 0.261 e. The Hall–Kier alpha value is -3.66. The lowest BCUT2D eigenvalue weighted by molar-refractivity contribution is 0.0577. The minimum atomic E-state index is -0.866. The maximum atomic E-state index is 9.93. The molecule has 0 radical (unpaired) electrons. The Morgan fingerprint density at radius 1 is 1.10 bits per heavy atom. The van der Waals surface area contributed by atoms with Gasteiger partial charge in [-0.1, -0.05) is 18.1 Å². The van der Waals surface area contributed by atoms with Gasteiger partial charge in [-0.25, -0.2) is 9.97 Å². The van der Waals surface area contributed by atoms with Gasteiger partial charge in [0.25, 0.3) is 5.89 Å². The van der Waals surface area contributed by atoms with E-state index in [4.69, 9.17) is 10.3 Å². The van der Waals surface area contributed by atoms with Gasteiger partial charge in [0.2, 0.25) is 0 Å². The summed E-state index contributed by atoms with van der Waals surface area (Å²) in [5, 5.41) is 18.3. The Balaban J connectivity index is 1.50. The van der Waals surface area contributed by atoms with Crippen LogP contribution in [0.4, 0.5) is 5.82 Å². The fourth-order valence-corrected chi connectivity index (χ4v) is 2.92. The summed E-state index contributed by atoms with van der Waals surface area (Å²) in [5.74, 6) is 1.16. The molecule has 4 aromatic rings. The first-order valence-electron chi connectivity index (χ1n) is 9.41. The van der Waals surface area contributed by atoms with E-state index in [-0.39, 0.29) is 5.92 Å². The molecule has 0 aliphatic carbocycles. The first kappa shape index (κ1) is 19.6. The van der Waals surface area contributed by atoms with E-state index in [0.29, 0.717) is 41.0 Å². The molecule has 1 atom stereocenters. The molecule has 0 fully saturated rings. The van der Waals surface area contributed by atoms with E-state index in [2.05, 4.69) is 30.2 Å². The van der Waals surface area contributed by atoms with E-state index in [0.717, 1.165) is 5.56 Å². The van der Waals surface area contributed by atoms with Gasteiger partial charge in [0.05, 0.1) is 42.0 Å². The zero-order valence-electron chi connectivity index (χ0n) is 16.9. The average Bonchev–Trinajstić information content (AvgIpc) is 3.36. The van der Waals surface area contributed by atoms with Gasteiger partial charge in [-0.2, -0.15) is 10.1 Å². The molecular formula is C20H22N8O2. The molecule has 0 aliphatic heterocycles. The summed E-state index contributed by atoms with van der Waals surface area (Å²) in [7, 11) is 0. The van der Waals surface area contributed by atoms with Gasteiger partial charge < -0.3 is 15.4 Å². The minimum absolute atomic E-state index is 0.118. The van der Waals surface area contributed by atoms with Crippen LogP contribution < -0.4 is 5.73 Å². The molecule has 0 aromatic carbocycles. The van der Waals surface area contributed by atoms with Crippen LogP contribution in [0, 0.1) is 0 Å². The number of aliphatic hydroxyl groups is 1. The lowest BCUT2D eigenvalue weighted by Crippen LogP contribution is -2.26. The van der Waals surface area contributed by atoms with Crippen LogP contribution in [0.2, 0.25) is 0 Å². The van der Waals surface area contributed by atoms with E-state index < -0.39 is 5.60 Å². The second-order valence-corrected chi connectivity index (χ2v) is 7.72. The van der Waals surface area contributed by atoms with Gasteiger partial charge in [-0.05, 0) is 25.5 Å². The Bertz CT molecular complexity index is 1130. The van der Waals surface area contributed by atoms with Crippen molar-refractivity contribution in [3.05, 3.63) is 54.5 Å². The highest BCUT2D eigenvalue weighted by molar-refractivity contribution is 5.54. The third-order valence-corrected chi connectivity index (χ3v) is 4.48. The van der Waals surface area contributed by atoms with E-state index in [9.17, 15) is 5.11 Å². The van der Waals surface area contributed by atoms with Crippen molar-refractivity contribution in [1.29, 1.82) is 0 Å². The summed E-state index contributed by atoms with van der Waals surface area (Å²) in [6.07, 6.45) is 8.25. The van der Waals surface area contributed by atoms with E-state index >= 15 is 0 Å². The standard InChI is InChI=1S/C20H22N8O2/c1-12(13-4-5-15(22-6-13)16-8-24-17(21)9-23-16)18-26-19(30-27-18)14-7-25-28(10-14)11-20(2,3)29/h4-10,12,29H,11H2,1-3H3,(H2,21,24). The van der Waals surface area contributed by atoms with E-state index in [1.54, 1.807) is 43.3 Å². The number of pyridine rings is 1.